The third-order valence-corrected chi connectivity index (χ3v) is 25.8. The van der Waals surface area contributed by atoms with Crippen molar-refractivity contribution >= 4 is 71.6 Å². The third kappa shape index (κ3) is 16.6. The van der Waals surface area contributed by atoms with E-state index in [2.05, 4.69) is 195 Å². The van der Waals surface area contributed by atoms with E-state index in [0.29, 0.717) is 24.3 Å². The van der Waals surface area contributed by atoms with Crippen molar-refractivity contribution in [1.29, 1.82) is 0 Å². The molecule has 6 fully saturated rings. The summed E-state index contributed by atoms with van der Waals surface area (Å²) in [6.07, 6.45) is 6.63. The van der Waals surface area contributed by atoms with Crippen LogP contribution < -0.4 is 0 Å². The first-order valence-electron chi connectivity index (χ1n) is 40.4. The molecule has 6 saturated heterocycles. The maximum absolute atomic E-state index is 15.2. The lowest BCUT2D eigenvalue weighted by atomic mass is 9.61. The first-order valence-corrected chi connectivity index (χ1v) is 40.4. The smallest absolute Gasteiger partial charge is 0.318 e. The first kappa shape index (κ1) is 79.1. The highest BCUT2D eigenvalue weighted by Crippen LogP contribution is 2.57. The van der Waals surface area contributed by atoms with Crippen molar-refractivity contribution in [3.63, 3.8) is 0 Å². The maximum atomic E-state index is 15.2. The summed E-state index contributed by atoms with van der Waals surface area (Å²) in [4.78, 5) is 171. The van der Waals surface area contributed by atoms with Gasteiger partial charge >= 0.3 is 71.6 Å². The minimum Gasteiger partial charge on any atom is -0.393 e. The fourth-order valence-corrected chi connectivity index (χ4v) is 20.3. The number of benzene rings is 9. The minimum atomic E-state index is -2.28. The van der Waals surface area contributed by atoms with Crippen molar-refractivity contribution < 1.29 is 86.0 Å². The van der Waals surface area contributed by atoms with Gasteiger partial charge in [0.05, 0.1) is 71.0 Å². The molecule has 0 spiro atoms. The first-order chi connectivity index (χ1) is 56.4. The van der Waals surface area contributed by atoms with Gasteiger partial charge in [0.25, 0.3) is 0 Å². The van der Waals surface area contributed by atoms with Gasteiger partial charge in [-0.15, -0.1) is 0 Å². The number of hydrogen-bond donors (Lipinski definition) is 0. The molecule has 0 radical (unpaired) electrons. The van der Waals surface area contributed by atoms with E-state index in [1.807, 2.05) is 54.6 Å². The van der Waals surface area contributed by atoms with E-state index >= 15 is 9.59 Å². The van der Waals surface area contributed by atoms with Crippen LogP contribution in [0, 0.1) is 71.0 Å². The van der Waals surface area contributed by atoms with E-state index in [-0.39, 0.29) is 41.9 Å². The molecule has 21 unspecified atom stereocenters. The summed E-state index contributed by atoms with van der Waals surface area (Å²) < 4.78 is 31.0. The molecule has 9 aromatic carbocycles. The fourth-order valence-electron chi connectivity index (χ4n) is 20.3. The number of carbonyl (C=O) groups excluding carboxylic acids is 12. The van der Waals surface area contributed by atoms with Crippen LogP contribution in [0.4, 0.5) is 0 Å². The van der Waals surface area contributed by atoms with Gasteiger partial charge < -0.3 is 28.4 Å². The molecule has 0 aromatic heterocycles. The van der Waals surface area contributed by atoms with Gasteiger partial charge in [-0.25, -0.2) is 0 Å². The van der Waals surface area contributed by atoms with Gasteiger partial charge in [0, 0.05) is 0 Å². The van der Waals surface area contributed by atoms with Gasteiger partial charge in [0.1, 0.15) is 0 Å². The summed E-state index contributed by atoms with van der Waals surface area (Å²) >= 11 is 0. The summed E-state index contributed by atoms with van der Waals surface area (Å²) in [6.45, 7) is 3.53. The average molecular weight is 1560 g/mol. The Bertz CT molecular complexity index is 5070. The van der Waals surface area contributed by atoms with Gasteiger partial charge in [-0.1, -0.05) is 287 Å². The molecule has 0 saturated carbocycles. The molecule has 6 heterocycles. The zero-order chi connectivity index (χ0) is 80.7. The van der Waals surface area contributed by atoms with E-state index in [9.17, 15) is 47.9 Å². The van der Waals surface area contributed by atoms with E-state index in [1.54, 1.807) is 30.3 Å². The average Bonchev–Trinajstić information content (AvgIpc) is 1.56. The summed E-state index contributed by atoms with van der Waals surface area (Å²) in [5.41, 5.74) is 10.2. The highest BCUT2D eigenvalue weighted by Gasteiger charge is 2.72. The Kier molecular flexibility index (Phi) is 24.0. The second-order valence-corrected chi connectivity index (χ2v) is 32.2. The Hall–Kier alpha value is -12.2. The van der Waals surface area contributed by atoms with Crippen LogP contribution in [0.5, 0.6) is 0 Å². The number of esters is 12. The second-order valence-electron chi connectivity index (χ2n) is 32.2. The number of carbonyl (C=O) groups is 12. The van der Waals surface area contributed by atoms with E-state index in [1.165, 1.54) is 34.7 Å². The van der Waals surface area contributed by atoms with Gasteiger partial charge in [0.15, 0.2) is 0 Å². The second kappa shape index (κ2) is 35.3. The Morgan fingerprint density at radius 1 is 0.198 bits per heavy atom. The Morgan fingerprint density at radius 3 is 0.603 bits per heavy atom. The van der Waals surface area contributed by atoms with Crippen molar-refractivity contribution in [3.05, 3.63) is 323 Å². The van der Waals surface area contributed by atoms with Gasteiger partial charge in [-0.2, -0.15) is 0 Å². The zero-order valence-corrected chi connectivity index (χ0v) is 64.3. The molecule has 116 heavy (non-hydrogen) atoms. The van der Waals surface area contributed by atoms with Crippen molar-refractivity contribution in [3.8, 4) is 0 Å². The molecule has 0 aliphatic carbocycles. The predicted molar refractivity (Wildman–Crippen MR) is 424 cm³/mol. The Morgan fingerprint density at radius 2 is 0.371 bits per heavy atom. The quantitative estimate of drug-likeness (QED) is 0.0215. The Labute approximate surface area is 673 Å². The molecule has 15 rings (SSSR count). The van der Waals surface area contributed by atoms with Gasteiger partial charge in [-0.05, 0) is 161 Å². The predicted octanol–water partition coefficient (Wildman–Crippen LogP) is 16.5. The molecule has 18 nitrogen and oxygen atoms in total. The molecule has 0 bridgehead atoms. The molecule has 0 N–H and O–H groups in total. The number of ether oxygens (including phenoxy) is 6. The molecule has 590 valence electrons. The third-order valence-electron chi connectivity index (χ3n) is 25.8. The molecule has 6 aliphatic heterocycles. The summed E-state index contributed by atoms with van der Waals surface area (Å²) in [6, 6.07) is 94.6. The summed E-state index contributed by atoms with van der Waals surface area (Å²) in [5, 5.41) is 0. The molecule has 0 amide bonds. The van der Waals surface area contributed by atoms with Crippen LogP contribution in [-0.4, -0.2) is 71.6 Å². The van der Waals surface area contributed by atoms with Gasteiger partial charge in [0.2, 0.25) is 0 Å². The van der Waals surface area contributed by atoms with Gasteiger partial charge in [-0.3, -0.25) is 57.5 Å². The number of rotatable bonds is 32. The largest absolute Gasteiger partial charge is 0.393 e. The zero-order valence-electron chi connectivity index (χ0n) is 64.3. The monoisotopic (exact) mass is 1550 g/mol. The summed E-state index contributed by atoms with van der Waals surface area (Å²) in [5.74, 6) is -41.2. The van der Waals surface area contributed by atoms with Crippen LogP contribution in [0.3, 0.4) is 0 Å². The minimum absolute atomic E-state index is 0.0284. The van der Waals surface area contributed by atoms with Crippen LogP contribution in [0.25, 0.3) is 0 Å². The van der Waals surface area contributed by atoms with Crippen LogP contribution in [-0.2, 0) is 86.0 Å². The summed E-state index contributed by atoms with van der Waals surface area (Å²) in [7, 11) is 0. The van der Waals surface area contributed by atoms with Crippen molar-refractivity contribution in [2.75, 3.05) is 0 Å². The topological polar surface area (TPSA) is 260 Å². The van der Waals surface area contributed by atoms with E-state index in [0.717, 1.165) is 55.2 Å². The van der Waals surface area contributed by atoms with Crippen LogP contribution in [0.2, 0.25) is 0 Å². The SMILES string of the molecule is CCC(CC(CC(CC(CC(CC(CC(CC(CC(c1ccccc1)C1C(=O)OC(=O)C1C1C(=O)OC(=O)C1C1C(=O)OC(=O)C1C1C(=O)OC(=O)C1C1C(=O)OC(=O)C1C1C(=O)OC(=O)C1C)c1ccccc1)c1ccccc1)c1ccccc1)c1ccccc1)c1ccccc1)c1ccccc1)c1ccccc1)c1ccccc1. The molecule has 6 aliphatic rings. The molecule has 21 atom stereocenters. The maximum Gasteiger partial charge on any atom is 0.318 e. The van der Waals surface area contributed by atoms with E-state index in [4.69, 9.17) is 28.4 Å². The lowest BCUT2D eigenvalue weighted by molar-refractivity contribution is -0.158. The van der Waals surface area contributed by atoms with Crippen LogP contribution >= 0.6 is 0 Å². The fraction of sp³-hybridized carbons (Fsp3) is 0.327. The lowest BCUT2D eigenvalue weighted by Crippen LogP contribution is -2.47. The normalized spacial score (nSPS) is 25.6. The van der Waals surface area contributed by atoms with E-state index < -0.39 is 154 Å². The van der Waals surface area contributed by atoms with Crippen molar-refractivity contribution in [2.45, 2.75) is 125 Å². The standard InChI is InChI=1S/C98H90O18/c1-3-58(59-31-13-4-14-32-59)49-68(60-33-15-5-16-34-60)50-69(61-35-17-6-18-36-61)51-70(62-37-19-7-20-38-62)52-71(63-39-21-8-22-40-63)53-72(64-41-23-9-24-42-64)54-73(65-43-25-10-26-44-65)55-74(66-45-27-11-28-46-66)56-75(67-47-29-12-30-48-67)77-79(91(103)112-89(77)101)81-83(95(107)114-93(81)105)85-86(98(110)116-97(85)109)84-82(94(106)115-96(84)108)80-78(90(102)113-92(80)104)76-57(2)87(99)111-88(76)100/h4-48,57-58,68-86H,3,49-56H2,1-2H3. The van der Waals surface area contributed by atoms with Crippen LogP contribution in [0.1, 0.15) is 175 Å². The molecule has 18 heteroatoms. The Balaban J connectivity index is 0.773. The van der Waals surface area contributed by atoms with Crippen LogP contribution in [0.15, 0.2) is 273 Å². The van der Waals surface area contributed by atoms with Crippen molar-refractivity contribution in [1.82, 2.24) is 0 Å². The number of cyclic esters (lactones) is 12. The molecule has 9 aromatic rings. The highest BCUT2D eigenvalue weighted by molar-refractivity contribution is 6.11. The molecular weight excluding hydrogens is 1470 g/mol. The van der Waals surface area contributed by atoms with Crippen molar-refractivity contribution in [2.24, 2.45) is 71.0 Å². The lowest BCUT2D eigenvalue weighted by Gasteiger charge is -2.35. The highest BCUT2D eigenvalue weighted by atomic mass is 16.6. The number of hydrogen-bond acceptors (Lipinski definition) is 18. The molecular formula is C98H90O18.